The van der Waals surface area contributed by atoms with Gasteiger partial charge in [0.1, 0.15) is 11.9 Å². The maximum atomic E-state index is 13.2. The van der Waals surface area contributed by atoms with Gasteiger partial charge in [0.15, 0.2) is 0 Å². The first-order valence-corrected chi connectivity index (χ1v) is 8.11. The predicted molar refractivity (Wildman–Crippen MR) is 90.8 cm³/mol. The first kappa shape index (κ1) is 16.1. The summed E-state index contributed by atoms with van der Waals surface area (Å²) in [6, 6.07) is 14.0. The van der Waals surface area contributed by atoms with Gasteiger partial charge in [-0.3, -0.25) is 4.79 Å². The zero-order valence-electron chi connectivity index (χ0n) is 12.5. The minimum atomic E-state index is -1.10. The molecule has 1 atom stereocenters. The van der Waals surface area contributed by atoms with E-state index in [0.717, 1.165) is 22.3 Å². The number of carboxylic acids is 1. The topological polar surface area (TPSA) is 66.4 Å². The van der Waals surface area contributed by atoms with Crippen molar-refractivity contribution < 1.29 is 19.1 Å². The Kier molecular flexibility index (Phi) is 4.57. The van der Waals surface area contributed by atoms with Gasteiger partial charge >= 0.3 is 5.97 Å². The van der Waals surface area contributed by atoms with Crippen molar-refractivity contribution >= 4 is 33.3 Å². The van der Waals surface area contributed by atoms with Gasteiger partial charge in [-0.2, -0.15) is 0 Å². The molecule has 1 heterocycles. The second kappa shape index (κ2) is 6.80. The summed E-state index contributed by atoms with van der Waals surface area (Å²) in [6.45, 7) is 0. The van der Waals surface area contributed by atoms with Crippen LogP contribution in [0.3, 0.4) is 0 Å². The predicted octanol–water partition coefficient (Wildman–Crippen LogP) is 3.47. The Bertz CT molecular complexity index is 892. The lowest BCUT2D eigenvalue weighted by atomic mass is 10.1. The van der Waals surface area contributed by atoms with Crippen molar-refractivity contribution in [3.63, 3.8) is 0 Å². The zero-order valence-corrected chi connectivity index (χ0v) is 13.3. The van der Waals surface area contributed by atoms with Gasteiger partial charge in [-0.15, -0.1) is 11.3 Å². The molecule has 0 saturated carbocycles. The summed E-state index contributed by atoms with van der Waals surface area (Å²) >= 11 is 1.13. The fourth-order valence-corrected chi connectivity index (χ4v) is 3.39. The lowest BCUT2D eigenvalue weighted by molar-refractivity contribution is -0.139. The quantitative estimate of drug-likeness (QED) is 0.745. The van der Waals surface area contributed by atoms with E-state index in [9.17, 15) is 19.1 Å². The van der Waals surface area contributed by atoms with E-state index in [1.807, 2.05) is 30.3 Å². The molecule has 0 spiro atoms. The summed E-state index contributed by atoms with van der Waals surface area (Å²) in [5.74, 6) is -1.94. The first-order chi connectivity index (χ1) is 11.5. The van der Waals surface area contributed by atoms with Crippen LogP contribution in [-0.4, -0.2) is 23.0 Å². The molecular weight excluding hydrogens is 329 g/mol. The minimum absolute atomic E-state index is 0.196. The van der Waals surface area contributed by atoms with Gasteiger partial charge in [0.05, 0.1) is 4.88 Å². The van der Waals surface area contributed by atoms with Crippen molar-refractivity contribution in [1.82, 2.24) is 5.32 Å². The number of fused-ring (bicyclic) bond motifs is 1. The summed E-state index contributed by atoms with van der Waals surface area (Å²) < 4.78 is 13.9. The molecular formula is C18H14FNO3S. The molecule has 3 aromatic rings. The number of aliphatic carboxylic acids is 1. The molecule has 0 radical (unpaired) electrons. The molecule has 0 bridgehead atoms. The number of hydrogen-bond acceptors (Lipinski definition) is 3. The van der Waals surface area contributed by atoms with Crippen molar-refractivity contribution in [2.75, 3.05) is 0 Å². The van der Waals surface area contributed by atoms with Crippen LogP contribution in [0.5, 0.6) is 0 Å². The molecule has 122 valence electrons. The molecule has 2 aromatic carbocycles. The number of halogens is 1. The van der Waals surface area contributed by atoms with Crippen LogP contribution >= 0.6 is 11.3 Å². The molecule has 0 aliphatic carbocycles. The lowest BCUT2D eigenvalue weighted by Crippen LogP contribution is -2.42. The van der Waals surface area contributed by atoms with Crippen LogP contribution in [0.1, 0.15) is 15.2 Å². The Morgan fingerprint density at radius 3 is 2.58 bits per heavy atom. The average molecular weight is 343 g/mol. The monoisotopic (exact) mass is 343 g/mol. The number of benzene rings is 2. The van der Waals surface area contributed by atoms with Crippen molar-refractivity contribution in [2.24, 2.45) is 0 Å². The van der Waals surface area contributed by atoms with E-state index in [1.165, 1.54) is 12.1 Å². The standard InChI is InChI=1S/C18H14FNO3S/c19-13-7-6-12-9-16(24-15(12)10-13)17(21)20-14(18(22)23)8-11-4-2-1-3-5-11/h1-7,9-10,14H,8H2,(H,20,21)(H,22,23)/t14-/m0/s1. The van der Waals surface area contributed by atoms with E-state index in [4.69, 9.17) is 0 Å². The highest BCUT2D eigenvalue weighted by molar-refractivity contribution is 7.20. The van der Waals surface area contributed by atoms with E-state index in [2.05, 4.69) is 5.32 Å². The highest BCUT2D eigenvalue weighted by Gasteiger charge is 2.22. The Morgan fingerprint density at radius 2 is 1.88 bits per heavy atom. The maximum absolute atomic E-state index is 13.2. The number of rotatable bonds is 5. The Labute approximate surface area is 141 Å². The van der Waals surface area contributed by atoms with E-state index in [1.54, 1.807) is 12.1 Å². The fourth-order valence-electron chi connectivity index (χ4n) is 2.40. The van der Waals surface area contributed by atoms with Crippen LogP contribution in [0.25, 0.3) is 10.1 Å². The molecule has 24 heavy (non-hydrogen) atoms. The molecule has 0 aliphatic heterocycles. The Balaban J connectivity index is 1.78. The van der Waals surface area contributed by atoms with Crippen molar-refractivity contribution in [3.8, 4) is 0 Å². The zero-order chi connectivity index (χ0) is 17.1. The maximum Gasteiger partial charge on any atom is 0.326 e. The number of carboxylic acid groups (broad SMARTS) is 1. The molecule has 0 unspecified atom stereocenters. The number of nitrogens with one attached hydrogen (secondary N) is 1. The number of hydrogen-bond donors (Lipinski definition) is 2. The largest absolute Gasteiger partial charge is 0.480 e. The Hall–Kier alpha value is -2.73. The molecule has 0 saturated heterocycles. The summed E-state index contributed by atoms with van der Waals surface area (Å²) in [4.78, 5) is 24.1. The number of carbonyl (C=O) groups is 2. The van der Waals surface area contributed by atoms with Crippen LogP contribution in [0.2, 0.25) is 0 Å². The van der Waals surface area contributed by atoms with E-state index < -0.39 is 17.9 Å². The molecule has 1 amide bonds. The van der Waals surface area contributed by atoms with Gasteiger partial charge in [-0.25, -0.2) is 9.18 Å². The van der Waals surface area contributed by atoms with Gasteiger partial charge in [0.2, 0.25) is 0 Å². The molecule has 0 fully saturated rings. The SMILES string of the molecule is O=C(N[C@@H](Cc1ccccc1)C(=O)O)c1cc2ccc(F)cc2s1. The van der Waals surface area contributed by atoms with Gasteiger partial charge in [0.25, 0.3) is 5.91 Å². The van der Waals surface area contributed by atoms with E-state index >= 15 is 0 Å². The third-order valence-electron chi connectivity index (χ3n) is 3.59. The summed E-state index contributed by atoms with van der Waals surface area (Å²) in [7, 11) is 0. The van der Waals surface area contributed by atoms with Crippen molar-refractivity contribution in [3.05, 3.63) is 70.9 Å². The van der Waals surface area contributed by atoms with Gasteiger partial charge in [-0.1, -0.05) is 36.4 Å². The summed E-state index contributed by atoms with van der Waals surface area (Å²) in [5.41, 5.74) is 0.823. The first-order valence-electron chi connectivity index (χ1n) is 7.29. The van der Waals surface area contributed by atoms with E-state index in [-0.39, 0.29) is 12.2 Å². The van der Waals surface area contributed by atoms with Gasteiger partial charge < -0.3 is 10.4 Å². The van der Waals surface area contributed by atoms with Crippen LogP contribution in [-0.2, 0) is 11.2 Å². The second-order valence-electron chi connectivity index (χ2n) is 5.35. The third kappa shape index (κ3) is 3.60. The van der Waals surface area contributed by atoms with Crippen molar-refractivity contribution in [2.45, 2.75) is 12.5 Å². The Morgan fingerprint density at radius 1 is 1.12 bits per heavy atom. The summed E-state index contributed by atoms with van der Waals surface area (Å²) in [6.07, 6.45) is 0.196. The highest BCUT2D eigenvalue weighted by Crippen LogP contribution is 2.26. The van der Waals surface area contributed by atoms with Gasteiger partial charge in [-0.05, 0) is 29.1 Å². The van der Waals surface area contributed by atoms with Crippen LogP contribution in [0, 0.1) is 5.82 Å². The smallest absolute Gasteiger partial charge is 0.326 e. The number of carbonyl (C=O) groups excluding carboxylic acids is 1. The second-order valence-corrected chi connectivity index (χ2v) is 6.43. The molecule has 0 aliphatic rings. The average Bonchev–Trinajstić information content (AvgIpc) is 2.98. The number of amides is 1. The van der Waals surface area contributed by atoms with Crippen LogP contribution in [0.15, 0.2) is 54.6 Å². The highest BCUT2D eigenvalue weighted by atomic mass is 32.1. The molecule has 3 rings (SSSR count). The third-order valence-corrected chi connectivity index (χ3v) is 4.69. The summed E-state index contributed by atoms with van der Waals surface area (Å²) in [5, 5.41) is 12.6. The molecule has 1 aromatic heterocycles. The lowest BCUT2D eigenvalue weighted by Gasteiger charge is -2.14. The normalized spacial score (nSPS) is 12.0. The molecule has 4 nitrogen and oxygen atoms in total. The number of thiophene rings is 1. The fraction of sp³-hybridized carbons (Fsp3) is 0.111. The van der Waals surface area contributed by atoms with Gasteiger partial charge in [0, 0.05) is 11.1 Å². The van der Waals surface area contributed by atoms with Crippen molar-refractivity contribution in [1.29, 1.82) is 0 Å². The van der Waals surface area contributed by atoms with Crippen LogP contribution < -0.4 is 5.32 Å². The molecule has 6 heteroatoms. The molecule has 2 N–H and O–H groups in total. The minimum Gasteiger partial charge on any atom is -0.480 e. The van der Waals surface area contributed by atoms with E-state index in [0.29, 0.717) is 9.58 Å². The van der Waals surface area contributed by atoms with Crippen LogP contribution in [0.4, 0.5) is 4.39 Å².